The summed E-state index contributed by atoms with van der Waals surface area (Å²) in [6.07, 6.45) is 3.88. The minimum Gasteiger partial charge on any atom is -0.456 e. The van der Waals surface area contributed by atoms with Gasteiger partial charge in [0.15, 0.2) is 11.2 Å². The van der Waals surface area contributed by atoms with Gasteiger partial charge in [-0.15, -0.1) is 0 Å². The number of fused-ring (bicyclic) bond motifs is 2. The Bertz CT molecular complexity index is 1240. The number of hydrogen-bond donors (Lipinski definition) is 1. The fourth-order valence-corrected chi connectivity index (χ4v) is 4.76. The van der Waals surface area contributed by atoms with Gasteiger partial charge in [-0.05, 0) is 25.0 Å². The highest BCUT2D eigenvalue weighted by molar-refractivity contribution is 6.08. The van der Waals surface area contributed by atoms with Gasteiger partial charge in [0.2, 0.25) is 5.91 Å². The number of para-hydroxylation sites is 1. The molecule has 1 spiro atoms. The Morgan fingerprint density at radius 2 is 2.07 bits per heavy atom. The number of amides is 2. The van der Waals surface area contributed by atoms with E-state index in [9.17, 15) is 14.4 Å². The SMILES string of the molecule is Cc1cc(=O)cc(C(=O)N2CC[C@]3(C(=O)Nc4ccccc43)[C@@H]2c2nccn2C)o1. The number of aryl methyl sites for hydroxylation is 2. The maximum Gasteiger partial charge on any atom is 0.290 e. The summed E-state index contributed by atoms with van der Waals surface area (Å²) >= 11 is 0. The van der Waals surface area contributed by atoms with Crippen molar-refractivity contribution in [2.45, 2.75) is 24.8 Å². The Labute approximate surface area is 172 Å². The molecule has 2 amide bonds. The molecular formula is C22H20N4O4. The van der Waals surface area contributed by atoms with E-state index in [1.165, 1.54) is 12.1 Å². The zero-order valence-electron chi connectivity index (χ0n) is 16.6. The van der Waals surface area contributed by atoms with Gasteiger partial charge in [-0.2, -0.15) is 0 Å². The molecule has 0 unspecified atom stereocenters. The third-order valence-electron chi connectivity index (χ3n) is 6.05. The fraction of sp³-hybridized carbons (Fsp3) is 0.273. The van der Waals surface area contributed by atoms with Crippen LogP contribution in [0.1, 0.15) is 40.2 Å². The second-order valence-corrected chi connectivity index (χ2v) is 7.79. The third-order valence-corrected chi connectivity index (χ3v) is 6.05. The summed E-state index contributed by atoms with van der Waals surface area (Å²) in [5.41, 5.74) is 0.339. The Kier molecular flexibility index (Phi) is 3.92. The molecule has 30 heavy (non-hydrogen) atoms. The van der Waals surface area contributed by atoms with Crippen molar-refractivity contribution in [1.29, 1.82) is 0 Å². The first-order chi connectivity index (χ1) is 14.4. The van der Waals surface area contributed by atoms with Gasteiger partial charge in [-0.25, -0.2) is 4.98 Å². The standard InChI is InChI=1S/C22H20N4O4/c1-13-11-14(27)12-17(30-13)20(28)26-9-7-22(18(26)19-23-8-10-25(19)2)15-5-3-4-6-16(15)24-21(22)29/h3-6,8,10-12,18H,7,9H2,1-2H3,(H,24,29)/t18-,22+/m0/s1. The van der Waals surface area contributed by atoms with Gasteiger partial charge in [0, 0.05) is 43.8 Å². The monoisotopic (exact) mass is 404 g/mol. The molecule has 152 valence electrons. The minimum atomic E-state index is -0.963. The van der Waals surface area contributed by atoms with Crippen LogP contribution in [0.25, 0.3) is 0 Å². The van der Waals surface area contributed by atoms with Crippen molar-refractivity contribution in [3.8, 4) is 0 Å². The van der Waals surface area contributed by atoms with Crippen molar-refractivity contribution in [2.24, 2.45) is 7.05 Å². The molecule has 2 aromatic heterocycles. The lowest BCUT2D eigenvalue weighted by molar-refractivity contribution is -0.121. The largest absolute Gasteiger partial charge is 0.456 e. The fourth-order valence-electron chi connectivity index (χ4n) is 4.76. The molecule has 5 rings (SSSR count). The van der Waals surface area contributed by atoms with Gasteiger partial charge in [0.05, 0.1) is 0 Å². The van der Waals surface area contributed by atoms with Gasteiger partial charge in [-0.3, -0.25) is 14.4 Å². The van der Waals surface area contributed by atoms with E-state index in [0.717, 1.165) is 11.3 Å². The molecule has 0 saturated carbocycles. The maximum atomic E-state index is 13.5. The lowest BCUT2D eigenvalue weighted by Gasteiger charge is -2.33. The summed E-state index contributed by atoms with van der Waals surface area (Å²) < 4.78 is 7.37. The van der Waals surface area contributed by atoms with Crippen LogP contribution in [0, 0.1) is 6.92 Å². The Balaban J connectivity index is 1.69. The molecule has 3 aromatic rings. The van der Waals surface area contributed by atoms with Crippen LogP contribution in [0.15, 0.2) is 58.0 Å². The van der Waals surface area contributed by atoms with Crippen LogP contribution in [0.3, 0.4) is 0 Å². The van der Waals surface area contributed by atoms with Crippen molar-refractivity contribution in [2.75, 3.05) is 11.9 Å². The molecule has 0 aliphatic carbocycles. The predicted octanol–water partition coefficient (Wildman–Crippen LogP) is 2.16. The molecule has 8 heteroatoms. The van der Waals surface area contributed by atoms with Crippen molar-refractivity contribution >= 4 is 17.5 Å². The number of hydrogen-bond acceptors (Lipinski definition) is 5. The highest BCUT2D eigenvalue weighted by Gasteiger charge is 2.60. The molecular weight excluding hydrogens is 384 g/mol. The number of rotatable bonds is 2. The van der Waals surface area contributed by atoms with Crippen LogP contribution in [0.5, 0.6) is 0 Å². The van der Waals surface area contributed by atoms with E-state index in [1.807, 2.05) is 35.9 Å². The third kappa shape index (κ3) is 2.46. The van der Waals surface area contributed by atoms with Gasteiger partial charge in [-0.1, -0.05) is 18.2 Å². The number of nitrogens with zero attached hydrogens (tertiary/aromatic N) is 3. The summed E-state index contributed by atoms with van der Waals surface area (Å²) in [5.74, 6) is 0.332. The first-order valence-corrected chi connectivity index (χ1v) is 9.73. The first kappa shape index (κ1) is 18.4. The van der Waals surface area contributed by atoms with Crippen LogP contribution < -0.4 is 10.7 Å². The average molecular weight is 404 g/mol. The Hall–Kier alpha value is -3.68. The lowest BCUT2D eigenvalue weighted by atomic mass is 9.74. The summed E-state index contributed by atoms with van der Waals surface area (Å²) in [6.45, 7) is 1.95. The summed E-state index contributed by atoms with van der Waals surface area (Å²) in [6, 6.07) is 9.43. The van der Waals surface area contributed by atoms with Gasteiger partial charge in [0.25, 0.3) is 5.91 Å². The average Bonchev–Trinajstić information content (AvgIpc) is 3.38. The molecule has 1 aromatic carbocycles. The number of likely N-dealkylation sites (tertiary alicyclic amines) is 1. The van der Waals surface area contributed by atoms with E-state index in [-0.39, 0.29) is 17.1 Å². The molecule has 2 aliphatic rings. The molecule has 1 N–H and O–H groups in total. The number of carbonyl (C=O) groups excluding carboxylic acids is 2. The Morgan fingerprint density at radius 3 is 2.80 bits per heavy atom. The summed E-state index contributed by atoms with van der Waals surface area (Å²) in [4.78, 5) is 44.8. The molecule has 2 aliphatic heterocycles. The first-order valence-electron chi connectivity index (χ1n) is 9.73. The normalized spacial score (nSPS) is 22.4. The van der Waals surface area contributed by atoms with Crippen LogP contribution in [-0.2, 0) is 17.3 Å². The topological polar surface area (TPSA) is 97.4 Å². The zero-order chi connectivity index (χ0) is 21.0. The van der Waals surface area contributed by atoms with E-state index in [4.69, 9.17) is 4.42 Å². The van der Waals surface area contributed by atoms with E-state index >= 15 is 0 Å². The van der Waals surface area contributed by atoms with Crippen LogP contribution in [-0.4, -0.2) is 32.8 Å². The highest BCUT2D eigenvalue weighted by Crippen LogP contribution is 2.54. The molecule has 0 radical (unpaired) electrons. The zero-order valence-corrected chi connectivity index (χ0v) is 16.6. The van der Waals surface area contributed by atoms with Crippen LogP contribution in [0.4, 0.5) is 5.69 Å². The van der Waals surface area contributed by atoms with Gasteiger partial charge >= 0.3 is 0 Å². The van der Waals surface area contributed by atoms with Crippen LogP contribution >= 0.6 is 0 Å². The number of aromatic nitrogens is 2. The van der Waals surface area contributed by atoms with Crippen LogP contribution in [0.2, 0.25) is 0 Å². The van der Waals surface area contributed by atoms with Crippen molar-refractivity contribution in [3.05, 3.63) is 81.9 Å². The molecule has 4 heterocycles. The summed E-state index contributed by atoms with van der Waals surface area (Å²) in [5, 5.41) is 2.97. The molecule has 1 saturated heterocycles. The number of nitrogens with one attached hydrogen (secondary N) is 1. The smallest absolute Gasteiger partial charge is 0.290 e. The second-order valence-electron chi connectivity index (χ2n) is 7.79. The Morgan fingerprint density at radius 1 is 1.27 bits per heavy atom. The quantitative estimate of drug-likeness (QED) is 0.706. The van der Waals surface area contributed by atoms with E-state index < -0.39 is 17.4 Å². The molecule has 2 atom stereocenters. The second kappa shape index (κ2) is 6.41. The molecule has 1 fully saturated rings. The number of imidazole rings is 1. The van der Waals surface area contributed by atoms with Gasteiger partial charge in [0.1, 0.15) is 23.0 Å². The highest BCUT2D eigenvalue weighted by atomic mass is 16.3. The predicted molar refractivity (Wildman–Crippen MR) is 108 cm³/mol. The maximum absolute atomic E-state index is 13.5. The number of carbonyl (C=O) groups is 2. The molecule has 0 bridgehead atoms. The minimum absolute atomic E-state index is 0.0389. The van der Waals surface area contributed by atoms with Crippen molar-refractivity contribution in [3.63, 3.8) is 0 Å². The van der Waals surface area contributed by atoms with Gasteiger partial charge < -0.3 is 19.2 Å². The van der Waals surface area contributed by atoms with Crippen molar-refractivity contribution in [1.82, 2.24) is 14.5 Å². The van der Waals surface area contributed by atoms with E-state index in [1.54, 1.807) is 24.2 Å². The summed E-state index contributed by atoms with van der Waals surface area (Å²) in [7, 11) is 1.84. The lowest BCUT2D eigenvalue weighted by Crippen LogP contribution is -2.43. The van der Waals surface area contributed by atoms with E-state index in [2.05, 4.69) is 10.3 Å². The van der Waals surface area contributed by atoms with Crippen molar-refractivity contribution < 1.29 is 14.0 Å². The number of benzene rings is 1. The van der Waals surface area contributed by atoms with E-state index in [0.29, 0.717) is 24.6 Å². The number of anilines is 1. The molecule has 8 nitrogen and oxygen atoms in total.